The van der Waals surface area contributed by atoms with E-state index in [1.54, 1.807) is 36.4 Å². The van der Waals surface area contributed by atoms with Crippen LogP contribution < -0.4 is 31.6 Å². The average molecular weight is 733 g/mol. The molecule has 51 heavy (non-hydrogen) atoms. The summed E-state index contributed by atoms with van der Waals surface area (Å²) >= 11 is 0. The largest absolute Gasteiger partial charge is 0.496 e. The van der Waals surface area contributed by atoms with Crippen molar-refractivity contribution in [3.63, 3.8) is 0 Å². The van der Waals surface area contributed by atoms with Crippen molar-refractivity contribution in [1.82, 2.24) is 0 Å². The van der Waals surface area contributed by atoms with E-state index < -0.39 is 35.9 Å². The summed E-state index contributed by atoms with van der Waals surface area (Å²) in [6.45, 7) is 7.73. The Morgan fingerprint density at radius 3 is 1.31 bits per heavy atom. The Bertz CT molecular complexity index is 2220. The van der Waals surface area contributed by atoms with E-state index >= 15 is 0 Å². The second-order valence-electron chi connectivity index (χ2n) is 12.3. The Labute approximate surface area is 297 Å². The lowest BCUT2D eigenvalue weighted by atomic mass is 9.83. The minimum atomic E-state index is -5.04. The normalized spacial score (nSPS) is 11.8. The first-order valence-electron chi connectivity index (χ1n) is 15.6. The van der Waals surface area contributed by atoms with Crippen molar-refractivity contribution in [3.8, 4) is 11.5 Å². The molecule has 0 saturated carbocycles. The van der Waals surface area contributed by atoms with Crippen LogP contribution in [-0.2, 0) is 20.2 Å². The molecule has 0 spiro atoms. The molecule has 0 bridgehead atoms. The van der Waals surface area contributed by atoms with Gasteiger partial charge in [0, 0.05) is 63.3 Å². The molecule has 0 atom stereocenters. The fraction of sp³-hybridized carbons (Fsp3) is 0.189. The van der Waals surface area contributed by atoms with Gasteiger partial charge in [-0.05, 0) is 104 Å². The number of anilines is 6. The molecule has 0 unspecified atom stereocenters. The second-order valence-corrected chi connectivity index (χ2v) is 15.1. The first-order valence-corrected chi connectivity index (χ1v) is 18.5. The highest BCUT2D eigenvalue weighted by molar-refractivity contribution is 7.86. The molecule has 0 aliphatic rings. The molecule has 8 N–H and O–H groups in total. The molecule has 0 saturated heterocycles. The van der Waals surface area contributed by atoms with Crippen LogP contribution in [0.1, 0.15) is 44.9 Å². The van der Waals surface area contributed by atoms with Gasteiger partial charge in [-0.1, -0.05) is 18.2 Å². The fourth-order valence-electron chi connectivity index (χ4n) is 6.37. The van der Waals surface area contributed by atoms with Crippen LogP contribution in [0, 0.1) is 27.7 Å². The van der Waals surface area contributed by atoms with Crippen LogP contribution in [-0.4, -0.2) is 40.2 Å². The molecule has 0 aliphatic carbocycles. The summed E-state index contributed by atoms with van der Waals surface area (Å²) in [5.41, 5.74) is 20.9. The number of rotatable bonds is 11. The van der Waals surface area contributed by atoms with Gasteiger partial charge in [-0.15, -0.1) is 0 Å². The Morgan fingerprint density at radius 2 is 0.961 bits per heavy atom. The number of hydrogen-bond acceptors (Lipinski definition) is 10. The maximum atomic E-state index is 12.9. The van der Waals surface area contributed by atoms with E-state index in [9.17, 15) is 25.9 Å². The maximum absolute atomic E-state index is 12.9. The number of nitrogens with one attached hydrogen (secondary N) is 2. The highest BCUT2D eigenvalue weighted by atomic mass is 32.2. The van der Waals surface area contributed by atoms with Crippen LogP contribution in [0.15, 0.2) is 88.7 Å². The van der Waals surface area contributed by atoms with Crippen molar-refractivity contribution in [2.24, 2.45) is 0 Å². The zero-order chi connectivity index (χ0) is 37.4. The SMILES string of the molecule is COc1cc(Nc2c(C)cc(N)cc2C)ccc1C(c1ccc(Nc2c(C)cc(N)cc2C)cc1OC)c1ccc(S(=O)(=O)O)cc1S(=O)(=O)O. The Morgan fingerprint density at radius 1 is 0.569 bits per heavy atom. The van der Waals surface area contributed by atoms with E-state index in [2.05, 4.69) is 10.6 Å². The lowest BCUT2D eigenvalue weighted by molar-refractivity contribution is 0.402. The number of ether oxygens (including phenoxy) is 2. The van der Waals surface area contributed by atoms with E-state index in [0.29, 0.717) is 45.4 Å². The third-order valence-corrected chi connectivity index (χ3v) is 10.4. The van der Waals surface area contributed by atoms with Gasteiger partial charge in [0.15, 0.2) is 0 Å². The third-order valence-electron chi connectivity index (χ3n) is 8.61. The molecular formula is C37H40N4O8S2. The number of nitrogens with two attached hydrogens (primary N) is 2. The third kappa shape index (κ3) is 7.89. The molecule has 0 aliphatic heterocycles. The first kappa shape index (κ1) is 37.0. The predicted molar refractivity (Wildman–Crippen MR) is 200 cm³/mol. The van der Waals surface area contributed by atoms with E-state index in [-0.39, 0.29) is 5.56 Å². The zero-order valence-corrected chi connectivity index (χ0v) is 30.5. The summed E-state index contributed by atoms with van der Waals surface area (Å²) in [7, 11) is -6.94. The van der Waals surface area contributed by atoms with Gasteiger partial charge in [0.1, 0.15) is 11.5 Å². The van der Waals surface area contributed by atoms with Gasteiger partial charge in [0.25, 0.3) is 20.2 Å². The molecule has 0 fully saturated rings. The second kappa shape index (κ2) is 14.2. The molecule has 0 amide bonds. The number of methoxy groups -OCH3 is 2. The van der Waals surface area contributed by atoms with Crippen molar-refractivity contribution in [2.75, 3.05) is 36.3 Å². The molecule has 5 rings (SSSR count). The van der Waals surface area contributed by atoms with Crippen molar-refractivity contribution < 1.29 is 35.4 Å². The minimum Gasteiger partial charge on any atom is -0.496 e. The highest BCUT2D eigenvalue weighted by Crippen LogP contribution is 2.45. The number of hydrogen-bond donors (Lipinski definition) is 6. The summed E-state index contributed by atoms with van der Waals surface area (Å²) < 4.78 is 81.8. The first-order chi connectivity index (χ1) is 23.9. The van der Waals surface area contributed by atoms with Crippen LogP contribution in [0.5, 0.6) is 11.5 Å². The van der Waals surface area contributed by atoms with E-state index in [0.717, 1.165) is 45.8 Å². The van der Waals surface area contributed by atoms with Gasteiger partial charge >= 0.3 is 0 Å². The lowest BCUT2D eigenvalue weighted by Crippen LogP contribution is -2.14. The van der Waals surface area contributed by atoms with Crippen LogP contribution >= 0.6 is 0 Å². The lowest BCUT2D eigenvalue weighted by Gasteiger charge is -2.26. The smallest absolute Gasteiger partial charge is 0.294 e. The maximum Gasteiger partial charge on any atom is 0.294 e. The minimum absolute atomic E-state index is 0.00151. The van der Waals surface area contributed by atoms with Gasteiger partial charge in [-0.25, -0.2) is 0 Å². The summed E-state index contributed by atoms with van der Waals surface area (Å²) in [5.74, 6) is -0.327. The van der Waals surface area contributed by atoms with E-state index in [4.69, 9.17) is 20.9 Å². The van der Waals surface area contributed by atoms with E-state index in [1.807, 2.05) is 52.0 Å². The zero-order valence-electron chi connectivity index (χ0n) is 28.9. The Kier molecular flexibility index (Phi) is 10.3. The molecule has 5 aromatic carbocycles. The molecule has 0 aromatic heterocycles. The predicted octanol–water partition coefficient (Wildman–Crippen LogP) is 7.26. The van der Waals surface area contributed by atoms with Crippen LogP contribution in [0.3, 0.4) is 0 Å². The van der Waals surface area contributed by atoms with Gasteiger partial charge < -0.3 is 31.6 Å². The number of nitrogen functional groups attached to an aromatic ring is 2. The highest BCUT2D eigenvalue weighted by Gasteiger charge is 2.31. The molecule has 0 radical (unpaired) electrons. The topological polar surface area (TPSA) is 203 Å². The van der Waals surface area contributed by atoms with Gasteiger partial charge in [0.2, 0.25) is 0 Å². The number of aryl methyl sites for hydroxylation is 4. The monoisotopic (exact) mass is 732 g/mol. The van der Waals surface area contributed by atoms with Crippen molar-refractivity contribution in [2.45, 2.75) is 43.4 Å². The van der Waals surface area contributed by atoms with Gasteiger partial charge in [-0.3, -0.25) is 9.11 Å². The van der Waals surface area contributed by atoms with Gasteiger partial charge in [0.05, 0.1) is 24.0 Å². The Hall–Kier alpha value is -5.28. The molecule has 5 aromatic rings. The number of benzene rings is 5. The molecular weight excluding hydrogens is 693 g/mol. The molecule has 268 valence electrons. The van der Waals surface area contributed by atoms with E-state index in [1.165, 1.54) is 20.3 Å². The molecule has 12 nitrogen and oxygen atoms in total. The molecule has 14 heteroatoms. The summed E-state index contributed by atoms with van der Waals surface area (Å²) in [4.78, 5) is -1.43. The van der Waals surface area contributed by atoms with Crippen LogP contribution in [0.4, 0.5) is 34.1 Å². The van der Waals surface area contributed by atoms with Crippen molar-refractivity contribution in [3.05, 3.63) is 118 Å². The quantitative estimate of drug-likeness (QED) is 0.0451. The molecule has 0 heterocycles. The Balaban J connectivity index is 1.73. The van der Waals surface area contributed by atoms with Crippen molar-refractivity contribution >= 4 is 54.4 Å². The fourth-order valence-corrected chi connectivity index (χ4v) is 7.71. The van der Waals surface area contributed by atoms with Crippen LogP contribution in [0.2, 0.25) is 0 Å². The summed E-state index contributed by atoms with van der Waals surface area (Å²) in [5, 5.41) is 6.81. The summed E-state index contributed by atoms with van der Waals surface area (Å²) in [6.07, 6.45) is 0. The standard InChI is InChI=1S/C37H40N4O8S2/c1-20-13-24(38)14-21(2)36(20)40-26-7-10-29(32(17-26)48-5)35(31-12-9-28(50(42,43)44)19-34(31)51(45,46)47)30-11-8-27(18-33(30)49-6)41-37-22(3)15-25(39)16-23(37)4/h7-19,35,40-41H,38-39H2,1-6H3,(H,42,43,44)(H,45,46,47). The average Bonchev–Trinajstić information content (AvgIpc) is 3.04. The summed E-state index contributed by atoms with van der Waals surface area (Å²) in [6, 6.07) is 21.0. The van der Waals surface area contributed by atoms with Crippen molar-refractivity contribution in [1.29, 1.82) is 0 Å². The van der Waals surface area contributed by atoms with Gasteiger partial charge in [-0.2, -0.15) is 16.8 Å². The van der Waals surface area contributed by atoms with Crippen LogP contribution in [0.25, 0.3) is 0 Å².